The first-order chi connectivity index (χ1) is 13.1. The zero-order valence-electron chi connectivity index (χ0n) is 15.6. The molecule has 142 valence electrons. The fourth-order valence-corrected chi connectivity index (χ4v) is 3.79. The maximum absolute atomic E-state index is 13.3. The molecule has 0 N–H and O–H groups in total. The highest BCUT2D eigenvalue weighted by molar-refractivity contribution is 6.17. The third-order valence-corrected chi connectivity index (χ3v) is 5.19. The summed E-state index contributed by atoms with van der Waals surface area (Å²) in [6, 6.07) is 7.80. The highest BCUT2D eigenvalue weighted by atomic mass is 16.5. The van der Waals surface area contributed by atoms with Gasteiger partial charge in [-0.15, -0.1) is 0 Å². The van der Waals surface area contributed by atoms with Crippen LogP contribution in [-0.2, 0) is 23.1 Å². The Morgan fingerprint density at radius 3 is 2.70 bits per heavy atom. The number of benzene rings is 1. The van der Waals surface area contributed by atoms with Gasteiger partial charge in [-0.2, -0.15) is 0 Å². The molecule has 1 amide bonds. The third-order valence-electron chi connectivity index (χ3n) is 5.19. The quantitative estimate of drug-likeness (QED) is 0.701. The summed E-state index contributed by atoms with van der Waals surface area (Å²) >= 11 is 0. The summed E-state index contributed by atoms with van der Waals surface area (Å²) in [6.45, 7) is 2.99. The van der Waals surface area contributed by atoms with Gasteiger partial charge in [0.25, 0.3) is 11.5 Å². The molecule has 0 bridgehead atoms. The molecular weight excluding hydrogens is 346 g/mol. The molecule has 27 heavy (non-hydrogen) atoms. The molecule has 1 saturated heterocycles. The van der Waals surface area contributed by atoms with E-state index in [9.17, 15) is 9.59 Å². The number of methoxy groups -OCH3 is 1. The molecule has 2 aromatic heterocycles. The van der Waals surface area contributed by atoms with Crippen LogP contribution in [0.3, 0.4) is 0 Å². The average molecular weight is 369 g/mol. The number of carbonyl (C=O) groups is 1. The van der Waals surface area contributed by atoms with E-state index in [1.807, 2.05) is 35.9 Å². The second kappa shape index (κ2) is 7.17. The Morgan fingerprint density at radius 1 is 1.22 bits per heavy atom. The number of fused-ring (bicyclic) bond motifs is 3. The van der Waals surface area contributed by atoms with Crippen molar-refractivity contribution >= 4 is 27.7 Å². The summed E-state index contributed by atoms with van der Waals surface area (Å²) < 4.78 is 14.0. The minimum absolute atomic E-state index is 0.0641. The molecule has 3 aromatic rings. The number of ether oxygens (including phenoxy) is 2. The number of morpholine rings is 1. The van der Waals surface area contributed by atoms with Crippen molar-refractivity contribution in [2.24, 2.45) is 7.05 Å². The van der Waals surface area contributed by atoms with Crippen LogP contribution >= 0.6 is 0 Å². The van der Waals surface area contributed by atoms with E-state index in [4.69, 9.17) is 9.47 Å². The van der Waals surface area contributed by atoms with Crippen LogP contribution in [0.2, 0.25) is 0 Å². The van der Waals surface area contributed by atoms with E-state index < -0.39 is 0 Å². The van der Waals surface area contributed by atoms with E-state index in [0.29, 0.717) is 50.5 Å². The number of nitrogens with zero attached hydrogens (tertiary/aromatic N) is 3. The van der Waals surface area contributed by atoms with Crippen LogP contribution in [0.25, 0.3) is 21.8 Å². The molecule has 4 rings (SSSR count). The number of amides is 1. The normalized spacial score (nSPS) is 15.0. The van der Waals surface area contributed by atoms with Gasteiger partial charge in [-0.05, 0) is 6.07 Å². The lowest BCUT2D eigenvalue weighted by atomic mass is 10.1. The zero-order valence-corrected chi connectivity index (χ0v) is 15.6. The Labute approximate surface area is 156 Å². The monoisotopic (exact) mass is 369 g/mol. The van der Waals surface area contributed by atoms with Crippen molar-refractivity contribution < 1.29 is 14.3 Å². The number of para-hydroxylation sites is 1. The Bertz CT molecular complexity index is 1060. The number of hydrogen-bond donors (Lipinski definition) is 0. The summed E-state index contributed by atoms with van der Waals surface area (Å²) in [7, 11) is 3.47. The number of aryl methyl sites for hydroxylation is 1. The van der Waals surface area contributed by atoms with Crippen molar-refractivity contribution in [1.29, 1.82) is 0 Å². The van der Waals surface area contributed by atoms with Gasteiger partial charge in [0.1, 0.15) is 5.52 Å². The minimum Gasteiger partial charge on any atom is -0.383 e. The molecule has 0 saturated carbocycles. The van der Waals surface area contributed by atoms with Crippen molar-refractivity contribution in [3.63, 3.8) is 0 Å². The molecule has 1 aliphatic rings. The van der Waals surface area contributed by atoms with Crippen LogP contribution in [0.1, 0.15) is 10.4 Å². The SMILES string of the molecule is COCCn1cc(C(=O)N2CCOCC2)c2c3ccccc3n(C)c2c1=O. The van der Waals surface area contributed by atoms with Gasteiger partial charge < -0.3 is 23.5 Å². The van der Waals surface area contributed by atoms with Crippen molar-refractivity contribution in [2.75, 3.05) is 40.0 Å². The lowest BCUT2D eigenvalue weighted by Gasteiger charge is -2.27. The molecule has 0 atom stereocenters. The maximum Gasteiger partial charge on any atom is 0.275 e. The van der Waals surface area contributed by atoms with Crippen molar-refractivity contribution in [3.05, 3.63) is 46.4 Å². The van der Waals surface area contributed by atoms with E-state index >= 15 is 0 Å². The molecular formula is C20H23N3O4. The Morgan fingerprint density at radius 2 is 1.96 bits per heavy atom. The van der Waals surface area contributed by atoms with E-state index in [1.54, 1.807) is 22.8 Å². The lowest BCUT2D eigenvalue weighted by molar-refractivity contribution is 0.0303. The molecule has 7 nitrogen and oxygen atoms in total. The van der Waals surface area contributed by atoms with Gasteiger partial charge in [-0.3, -0.25) is 9.59 Å². The lowest BCUT2D eigenvalue weighted by Crippen LogP contribution is -2.41. The zero-order chi connectivity index (χ0) is 19.0. The van der Waals surface area contributed by atoms with Crippen LogP contribution < -0.4 is 5.56 Å². The number of carbonyl (C=O) groups excluding carboxylic acids is 1. The molecule has 1 aliphatic heterocycles. The Balaban J connectivity index is 2.00. The number of hydrogen-bond acceptors (Lipinski definition) is 4. The van der Waals surface area contributed by atoms with Crippen molar-refractivity contribution in [3.8, 4) is 0 Å². The Hall–Kier alpha value is -2.64. The Kier molecular flexibility index (Phi) is 4.72. The predicted octanol–water partition coefficient (Wildman–Crippen LogP) is 1.61. The fraction of sp³-hybridized carbons (Fsp3) is 0.400. The molecule has 0 spiro atoms. The first-order valence-corrected chi connectivity index (χ1v) is 9.10. The standard InChI is InChI=1S/C20H23N3O4/c1-21-16-6-4-3-5-14(16)17-15(19(24)22-8-11-27-12-9-22)13-23(7-10-26-2)20(25)18(17)21/h3-6,13H,7-12H2,1-2H3. The minimum atomic E-state index is -0.112. The predicted molar refractivity (Wildman–Crippen MR) is 103 cm³/mol. The van der Waals surface area contributed by atoms with Gasteiger partial charge in [0.05, 0.1) is 25.4 Å². The first-order valence-electron chi connectivity index (χ1n) is 9.10. The smallest absolute Gasteiger partial charge is 0.275 e. The average Bonchev–Trinajstić information content (AvgIpc) is 3.01. The van der Waals surface area contributed by atoms with Gasteiger partial charge in [0.15, 0.2) is 0 Å². The molecule has 0 radical (unpaired) electrons. The van der Waals surface area contributed by atoms with Crippen LogP contribution in [0.5, 0.6) is 0 Å². The van der Waals surface area contributed by atoms with Crippen molar-refractivity contribution in [2.45, 2.75) is 6.54 Å². The van der Waals surface area contributed by atoms with E-state index in [2.05, 4.69) is 0 Å². The number of pyridine rings is 1. The van der Waals surface area contributed by atoms with Gasteiger partial charge in [0, 0.05) is 56.3 Å². The third kappa shape index (κ3) is 2.93. The highest BCUT2D eigenvalue weighted by Crippen LogP contribution is 2.29. The van der Waals surface area contributed by atoms with E-state index in [1.165, 1.54) is 0 Å². The summed E-state index contributed by atoms with van der Waals surface area (Å²) in [5.74, 6) is -0.0641. The van der Waals surface area contributed by atoms with Gasteiger partial charge in [-0.25, -0.2) is 0 Å². The molecule has 1 aromatic carbocycles. The van der Waals surface area contributed by atoms with E-state index in [-0.39, 0.29) is 11.5 Å². The summed E-state index contributed by atoms with van der Waals surface area (Å²) in [6.07, 6.45) is 1.69. The van der Waals surface area contributed by atoms with Gasteiger partial charge in [-0.1, -0.05) is 18.2 Å². The largest absolute Gasteiger partial charge is 0.383 e. The molecule has 0 aliphatic carbocycles. The summed E-state index contributed by atoms with van der Waals surface area (Å²) in [5.41, 5.74) is 1.93. The molecule has 7 heteroatoms. The molecule has 3 heterocycles. The molecule has 0 unspecified atom stereocenters. The van der Waals surface area contributed by atoms with Gasteiger partial charge >= 0.3 is 0 Å². The van der Waals surface area contributed by atoms with Gasteiger partial charge in [0.2, 0.25) is 0 Å². The summed E-state index contributed by atoms with van der Waals surface area (Å²) in [5, 5.41) is 1.64. The van der Waals surface area contributed by atoms with Crippen LogP contribution in [-0.4, -0.2) is 60.0 Å². The van der Waals surface area contributed by atoms with Crippen LogP contribution in [0.15, 0.2) is 35.3 Å². The van der Waals surface area contributed by atoms with E-state index in [0.717, 1.165) is 16.3 Å². The van der Waals surface area contributed by atoms with Crippen molar-refractivity contribution in [1.82, 2.24) is 14.0 Å². The summed E-state index contributed by atoms with van der Waals surface area (Å²) in [4.78, 5) is 28.2. The van der Waals surface area contributed by atoms with Crippen LogP contribution in [0, 0.1) is 0 Å². The fourth-order valence-electron chi connectivity index (χ4n) is 3.79. The number of rotatable bonds is 4. The molecule has 1 fully saturated rings. The second-order valence-electron chi connectivity index (χ2n) is 6.74. The maximum atomic E-state index is 13.3. The second-order valence-corrected chi connectivity index (χ2v) is 6.74. The first kappa shape index (κ1) is 17.8. The highest BCUT2D eigenvalue weighted by Gasteiger charge is 2.25. The topological polar surface area (TPSA) is 65.7 Å². The number of aromatic nitrogens is 2. The van der Waals surface area contributed by atoms with Crippen LogP contribution in [0.4, 0.5) is 0 Å².